The molecule has 0 aliphatic heterocycles. The summed E-state index contributed by atoms with van der Waals surface area (Å²) in [5, 5.41) is 3.17. The fourth-order valence-corrected chi connectivity index (χ4v) is 4.55. The van der Waals surface area contributed by atoms with E-state index in [2.05, 4.69) is 5.32 Å². The second kappa shape index (κ2) is 9.63. The molecule has 3 rings (SSSR count). The van der Waals surface area contributed by atoms with Gasteiger partial charge in [0.05, 0.1) is 17.6 Å². The van der Waals surface area contributed by atoms with Crippen LogP contribution in [-0.2, 0) is 14.8 Å². The Labute approximate surface area is 193 Å². The highest BCUT2D eigenvalue weighted by atomic mass is 35.5. The number of sulfonamides is 1. The van der Waals surface area contributed by atoms with Crippen LogP contribution in [0.4, 0.5) is 11.4 Å². The van der Waals surface area contributed by atoms with Crippen LogP contribution in [0.25, 0.3) is 0 Å². The lowest BCUT2D eigenvalue weighted by Crippen LogP contribution is -2.45. The molecule has 0 radical (unpaired) electrons. The topological polar surface area (TPSA) is 75.7 Å². The number of para-hydroxylation sites is 1. The van der Waals surface area contributed by atoms with E-state index in [1.165, 1.54) is 6.92 Å². The average Bonchev–Trinajstić information content (AvgIpc) is 2.72. The van der Waals surface area contributed by atoms with Gasteiger partial charge in [0.25, 0.3) is 0 Å². The van der Waals surface area contributed by atoms with Gasteiger partial charge in [-0.1, -0.05) is 35.9 Å². The summed E-state index contributed by atoms with van der Waals surface area (Å²) in [5.41, 5.74) is 2.72. The van der Waals surface area contributed by atoms with Crippen molar-refractivity contribution in [1.29, 1.82) is 0 Å². The molecule has 3 aromatic rings. The summed E-state index contributed by atoms with van der Waals surface area (Å²) in [6.45, 7) is 5.37. The minimum atomic E-state index is -3.74. The minimum absolute atomic E-state index is 0.340. The highest BCUT2D eigenvalue weighted by molar-refractivity contribution is 7.92. The summed E-state index contributed by atoms with van der Waals surface area (Å²) in [5.74, 6) is 0.457. The molecule has 0 saturated carbocycles. The molecular formula is C24H25ClN2O4S. The Morgan fingerprint density at radius 3 is 2.31 bits per heavy atom. The van der Waals surface area contributed by atoms with Gasteiger partial charge < -0.3 is 10.1 Å². The number of carbonyl (C=O) groups excluding carboxylic acids is 1. The largest absolute Gasteiger partial charge is 0.455 e. The number of nitrogens with one attached hydrogen (secondary N) is 1. The quantitative estimate of drug-likeness (QED) is 0.489. The second-order valence-corrected chi connectivity index (χ2v) is 9.84. The number of amides is 1. The third kappa shape index (κ3) is 5.60. The van der Waals surface area contributed by atoms with Crippen LogP contribution in [-0.4, -0.2) is 26.6 Å². The number of benzene rings is 3. The fraction of sp³-hybridized carbons (Fsp3) is 0.208. The van der Waals surface area contributed by atoms with Crippen molar-refractivity contribution in [2.45, 2.75) is 26.8 Å². The molecular weight excluding hydrogens is 448 g/mol. The highest BCUT2D eigenvalue weighted by Gasteiger charge is 2.30. The second-order valence-electron chi connectivity index (χ2n) is 7.55. The van der Waals surface area contributed by atoms with Gasteiger partial charge in [0.2, 0.25) is 15.9 Å². The Morgan fingerprint density at radius 2 is 1.69 bits per heavy atom. The van der Waals surface area contributed by atoms with E-state index in [1.54, 1.807) is 42.5 Å². The lowest BCUT2D eigenvalue weighted by molar-refractivity contribution is -0.116. The number of carbonyl (C=O) groups is 1. The SMILES string of the molecule is Cc1ccc(N([C@@H](C)C(=O)Nc2cc(Cl)ccc2Oc2ccccc2)S(C)(=O)=O)cc1C. The molecule has 1 N–H and O–H groups in total. The monoisotopic (exact) mass is 472 g/mol. The number of nitrogens with zero attached hydrogens (tertiary/aromatic N) is 1. The van der Waals surface area contributed by atoms with Crippen molar-refractivity contribution in [3.05, 3.63) is 82.9 Å². The summed E-state index contributed by atoms with van der Waals surface area (Å²) < 4.78 is 32.2. The molecule has 168 valence electrons. The van der Waals surface area contributed by atoms with E-state index < -0.39 is 22.0 Å². The van der Waals surface area contributed by atoms with Crippen molar-refractivity contribution in [2.24, 2.45) is 0 Å². The summed E-state index contributed by atoms with van der Waals surface area (Å²) in [6, 6.07) is 18.2. The third-order valence-corrected chi connectivity index (χ3v) is 6.48. The van der Waals surface area contributed by atoms with Gasteiger partial charge in [-0.3, -0.25) is 9.10 Å². The molecule has 0 bridgehead atoms. The van der Waals surface area contributed by atoms with Crippen LogP contribution in [0.1, 0.15) is 18.1 Å². The molecule has 0 aliphatic rings. The van der Waals surface area contributed by atoms with Crippen molar-refractivity contribution in [1.82, 2.24) is 0 Å². The van der Waals surface area contributed by atoms with Gasteiger partial charge in [-0.2, -0.15) is 0 Å². The first-order valence-corrected chi connectivity index (χ1v) is 12.2. The predicted octanol–water partition coefficient (Wildman–Crippen LogP) is 5.54. The highest BCUT2D eigenvalue weighted by Crippen LogP contribution is 2.33. The summed E-state index contributed by atoms with van der Waals surface area (Å²) >= 11 is 6.13. The molecule has 0 heterocycles. The normalized spacial score (nSPS) is 12.2. The summed E-state index contributed by atoms with van der Waals surface area (Å²) in [6.07, 6.45) is 1.08. The Morgan fingerprint density at radius 1 is 1.00 bits per heavy atom. The molecule has 0 saturated heterocycles. The zero-order chi connectivity index (χ0) is 23.5. The first-order valence-electron chi connectivity index (χ1n) is 9.96. The Bertz CT molecular complexity index is 1230. The van der Waals surface area contributed by atoms with Gasteiger partial charge in [0.1, 0.15) is 11.8 Å². The number of rotatable bonds is 7. The van der Waals surface area contributed by atoms with E-state index >= 15 is 0 Å². The van der Waals surface area contributed by atoms with Crippen LogP contribution in [0.5, 0.6) is 11.5 Å². The molecule has 0 aromatic heterocycles. The van der Waals surface area contributed by atoms with Gasteiger partial charge in [0, 0.05) is 5.02 Å². The van der Waals surface area contributed by atoms with Gasteiger partial charge >= 0.3 is 0 Å². The molecule has 1 atom stereocenters. The van der Waals surface area contributed by atoms with E-state index in [1.807, 2.05) is 38.1 Å². The van der Waals surface area contributed by atoms with E-state index in [4.69, 9.17) is 16.3 Å². The van der Waals surface area contributed by atoms with E-state index in [0.717, 1.165) is 21.7 Å². The smallest absolute Gasteiger partial charge is 0.248 e. The van der Waals surface area contributed by atoms with E-state index in [0.29, 0.717) is 27.9 Å². The van der Waals surface area contributed by atoms with Crippen molar-refractivity contribution in [3.8, 4) is 11.5 Å². The molecule has 0 fully saturated rings. The van der Waals surface area contributed by atoms with Crippen LogP contribution in [0.15, 0.2) is 66.7 Å². The molecule has 6 nitrogen and oxygen atoms in total. The average molecular weight is 473 g/mol. The maximum absolute atomic E-state index is 13.1. The number of anilines is 2. The standard InChI is InChI=1S/C24H25ClN2O4S/c1-16-10-12-20(14-17(16)2)27(32(4,29)30)18(3)24(28)26-22-15-19(25)11-13-23(22)31-21-8-6-5-7-9-21/h5-15,18H,1-4H3,(H,26,28)/t18-/m0/s1. The van der Waals surface area contributed by atoms with Gasteiger partial charge in [0.15, 0.2) is 5.75 Å². The van der Waals surface area contributed by atoms with E-state index in [-0.39, 0.29) is 0 Å². The van der Waals surface area contributed by atoms with Crippen LogP contribution >= 0.6 is 11.6 Å². The maximum atomic E-state index is 13.1. The van der Waals surface area contributed by atoms with Crippen molar-refractivity contribution in [3.63, 3.8) is 0 Å². The van der Waals surface area contributed by atoms with Crippen molar-refractivity contribution < 1.29 is 17.9 Å². The zero-order valence-corrected chi connectivity index (χ0v) is 19.9. The maximum Gasteiger partial charge on any atom is 0.248 e. The molecule has 3 aromatic carbocycles. The lowest BCUT2D eigenvalue weighted by Gasteiger charge is -2.29. The number of halogens is 1. The van der Waals surface area contributed by atoms with Crippen LogP contribution < -0.4 is 14.4 Å². The molecule has 32 heavy (non-hydrogen) atoms. The predicted molar refractivity (Wildman–Crippen MR) is 129 cm³/mol. The Hall–Kier alpha value is -3.03. The molecule has 0 unspecified atom stereocenters. The summed E-state index contributed by atoms with van der Waals surface area (Å²) in [4.78, 5) is 13.1. The molecule has 0 aliphatic carbocycles. The van der Waals surface area contributed by atoms with E-state index in [9.17, 15) is 13.2 Å². The number of hydrogen-bond donors (Lipinski definition) is 1. The van der Waals surface area contributed by atoms with Crippen LogP contribution in [0.3, 0.4) is 0 Å². The number of ether oxygens (including phenoxy) is 1. The molecule has 8 heteroatoms. The Kier molecular flexibility index (Phi) is 7.11. The third-order valence-electron chi connectivity index (χ3n) is 5.00. The van der Waals surface area contributed by atoms with Gasteiger partial charge in [-0.15, -0.1) is 0 Å². The first kappa shape index (κ1) is 23.6. The molecule has 0 spiro atoms. The Balaban J connectivity index is 1.91. The minimum Gasteiger partial charge on any atom is -0.455 e. The first-order chi connectivity index (χ1) is 15.1. The van der Waals surface area contributed by atoms with Crippen molar-refractivity contribution >= 4 is 38.9 Å². The van der Waals surface area contributed by atoms with Crippen molar-refractivity contribution in [2.75, 3.05) is 15.9 Å². The van der Waals surface area contributed by atoms with Crippen LogP contribution in [0.2, 0.25) is 5.02 Å². The molecule has 1 amide bonds. The van der Waals surface area contributed by atoms with Gasteiger partial charge in [-0.05, 0) is 74.4 Å². The number of hydrogen-bond acceptors (Lipinski definition) is 4. The van der Waals surface area contributed by atoms with Gasteiger partial charge in [-0.25, -0.2) is 8.42 Å². The fourth-order valence-electron chi connectivity index (χ4n) is 3.21. The number of aryl methyl sites for hydroxylation is 2. The lowest BCUT2D eigenvalue weighted by atomic mass is 10.1. The van der Waals surface area contributed by atoms with Crippen LogP contribution in [0, 0.1) is 13.8 Å². The summed E-state index contributed by atoms with van der Waals surface area (Å²) in [7, 11) is -3.74. The zero-order valence-electron chi connectivity index (χ0n) is 18.3.